The lowest BCUT2D eigenvalue weighted by atomic mass is 9.93. The molecule has 1 aromatic rings. The Morgan fingerprint density at radius 3 is 2.32 bits per heavy atom. The van der Waals surface area contributed by atoms with E-state index in [0.29, 0.717) is 6.42 Å². The summed E-state index contributed by atoms with van der Waals surface area (Å²) in [6.45, 7) is 4.24. The quantitative estimate of drug-likeness (QED) is 0.660. The molecule has 0 amide bonds. The standard InChI is InChI=1S/C17H26O2/c1-3-4-5-6-7-8-16(17(18)19)13-15-11-9-14(2)10-12-15/h9-12,16H,3-8,13H2,1-2H3,(H,18,19). The SMILES string of the molecule is CCCCCCCC(Cc1ccc(C)cc1)C(=O)O. The molecule has 0 saturated carbocycles. The molecule has 0 radical (unpaired) electrons. The van der Waals surface area contributed by atoms with Gasteiger partial charge >= 0.3 is 5.97 Å². The summed E-state index contributed by atoms with van der Waals surface area (Å²) >= 11 is 0. The third kappa shape index (κ3) is 6.42. The van der Waals surface area contributed by atoms with Crippen molar-refractivity contribution in [3.05, 3.63) is 35.4 Å². The highest BCUT2D eigenvalue weighted by Gasteiger charge is 2.17. The molecule has 0 fully saturated rings. The van der Waals surface area contributed by atoms with Crippen LogP contribution in [0.5, 0.6) is 0 Å². The maximum Gasteiger partial charge on any atom is 0.306 e. The Hall–Kier alpha value is -1.31. The summed E-state index contributed by atoms with van der Waals surface area (Å²) in [7, 11) is 0. The second-order valence-corrected chi connectivity index (χ2v) is 5.43. The van der Waals surface area contributed by atoms with E-state index in [9.17, 15) is 9.90 Å². The third-order valence-corrected chi connectivity index (χ3v) is 3.61. The van der Waals surface area contributed by atoms with Crippen LogP contribution in [0.3, 0.4) is 0 Å². The molecule has 0 aliphatic carbocycles. The number of carboxylic acid groups (broad SMARTS) is 1. The predicted molar refractivity (Wildman–Crippen MR) is 79.4 cm³/mol. The largest absolute Gasteiger partial charge is 0.481 e. The van der Waals surface area contributed by atoms with Gasteiger partial charge < -0.3 is 5.11 Å². The molecule has 0 saturated heterocycles. The molecule has 0 heterocycles. The molecule has 0 aromatic heterocycles. The zero-order chi connectivity index (χ0) is 14.1. The van der Waals surface area contributed by atoms with E-state index in [4.69, 9.17) is 0 Å². The zero-order valence-corrected chi connectivity index (χ0v) is 12.2. The second-order valence-electron chi connectivity index (χ2n) is 5.43. The number of hydrogen-bond donors (Lipinski definition) is 1. The molecule has 1 aromatic carbocycles. The first-order chi connectivity index (χ1) is 9.13. The smallest absolute Gasteiger partial charge is 0.306 e. The number of benzene rings is 1. The molecule has 106 valence electrons. The lowest BCUT2D eigenvalue weighted by molar-refractivity contribution is -0.142. The second kappa shape index (κ2) is 8.73. The van der Waals surface area contributed by atoms with E-state index in [-0.39, 0.29) is 5.92 Å². The van der Waals surface area contributed by atoms with E-state index in [1.807, 2.05) is 19.1 Å². The first kappa shape index (κ1) is 15.7. The molecule has 0 bridgehead atoms. The van der Waals surface area contributed by atoms with Crippen LogP contribution in [0.25, 0.3) is 0 Å². The van der Waals surface area contributed by atoms with Crippen molar-refractivity contribution in [2.75, 3.05) is 0 Å². The molecular formula is C17H26O2. The predicted octanol–water partition coefficient (Wildman–Crippen LogP) is 4.60. The third-order valence-electron chi connectivity index (χ3n) is 3.61. The first-order valence-corrected chi connectivity index (χ1v) is 7.41. The van der Waals surface area contributed by atoms with Crippen molar-refractivity contribution in [2.45, 2.75) is 58.8 Å². The van der Waals surface area contributed by atoms with Crippen molar-refractivity contribution in [1.29, 1.82) is 0 Å². The van der Waals surface area contributed by atoms with Gasteiger partial charge in [0.15, 0.2) is 0 Å². The van der Waals surface area contributed by atoms with Crippen LogP contribution in [-0.2, 0) is 11.2 Å². The summed E-state index contributed by atoms with van der Waals surface area (Å²) in [5, 5.41) is 9.29. The fourth-order valence-corrected chi connectivity index (χ4v) is 2.32. The van der Waals surface area contributed by atoms with E-state index in [2.05, 4.69) is 19.1 Å². The number of hydrogen-bond acceptors (Lipinski definition) is 1. The maximum atomic E-state index is 11.3. The van der Waals surface area contributed by atoms with Crippen LogP contribution in [0.1, 0.15) is 56.6 Å². The van der Waals surface area contributed by atoms with Gasteiger partial charge in [-0.3, -0.25) is 4.79 Å². The van der Waals surface area contributed by atoms with Gasteiger partial charge in [-0.2, -0.15) is 0 Å². The molecule has 0 aliphatic rings. The molecule has 2 nitrogen and oxygen atoms in total. The van der Waals surface area contributed by atoms with Crippen molar-refractivity contribution in [3.8, 4) is 0 Å². The summed E-state index contributed by atoms with van der Waals surface area (Å²) in [6.07, 6.45) is 7.36. The van der Waals surface area contributed by atoms with Crippen LogP contribution in [0.4, 0.5) is 0 Å². The number of carbonyl (C=O) groups is 1. The van der Waals surface area contributed by atoms with Crippen LogP contribution >= 0.6 is 0 Å². The molecule has 1 N–H and O–H groups in total. The summed E-state index contributed by atoms with van der Waals surface area (Å²) in [5.41, 5.74) is 2.35. The van der Waals surface area contributed by atoms with Gasteiger partial charge in [-0.25, -0.2) is 0 Å². The molecule has 2 heteroatoms. The van der Waals surface area contributed by atoms with Gasteiger partial charge in [-0.15, -0.1) is 0 Å². The van der Waals surface area contributed by atoms with E-state index in [1.165, 1.54) is 24.8 Å². The minimum absolute atomic E-state index is 0.232. The van der Waals surface area contributed by atoms with Gasteiger partial charge in [0.25, 0.3) is 0 Å². The van der Waals surface area contributed by atoms with Crippen molar-refractivity contribution in [3.63, 3.8) is 0 Å². The Labute approximate surface area is 116 Å². The molecule has 0 aliphatic heterocycles. The van der Waals surface area contributed by atoms with Crippen molar-refractivity contribution < 1.29 is 9.90 Å². The lowest BCUT2D eigenvalue weighted by Crippen LogP contribution is -2.16. The summed E-state index contributed by atoms with van der Waals surface area (Å²) < 4.78 is 0. The monoisotopic (exact) mass is 262 g/mol. The summed E-state index contributed by atoms with van der Waals surface area (Å²) in [6, 6.07) is 8.19. The van der Waals surface area contributed by atoms with Crippen molar-refractivity contribution in [1.82, 2.24) is 0 Å². The van der Waals surface area contributed by atoms with Gasteiger partial charge in [0, 0.05) is 0 Å². The van der Waals surface area contributed by atoms with Gasteiger partial charge in [0.2, 0.25) is 0 Å². The first-order valence-electron chi connectivity index (χ1n) is 7.41. The number of aliphatic carboxylic acids is 1. The van der Waals surface area contributed by atoms with Crippen LogP contribution in [0.15, 0.2) is 24.3 Å². The van der Waals surface area contributed by atoms with Crippen molar-refractivity contribution >= 4 is 5.97 Å². The fraction of sp³-hybridized carbons (Fsp3) is 0.588. The fourth-order valence-electron chi connectivity index (χ4n) is 2.32. The topological polar surface area (TPSA) is 37.3 Å². The minimum Gasteiger partial charge on any atom is -0.481 e. The highest BCUT2D eigenvalue weighted by atomic mass is 16.4. The average Bonchev–Trinajstić information content (AvgIpc) is 2.39. The van der Waals surface area contributed by atoms with E-state index < -0.39 is 5.97 Å². The van der Waals surface area contributed by atoms with E-state index >= 15 is 0 Å². The zero-order valence-electron chi connectivity index (χ0n) is 12.2. The Balaban J connectivity index is 2.40. The normalized spacial score (nSPS) is 12.3. The molecule has 19 heavy (non-hydrogen) atoms. The summed E-state index contributed by atoms with van der Waals surface area (Å²) in [5.74, 6) is -0.889. The Bertz CT molecular complexity index is 367. The van der Waals surface area contributed by atoms with Gasteiger partial charge in [-0.1, -0.05) is 68.9 Å². The highest BCUT2D eigenvalue weighted by Crippen LogP contribution is 2.17. The van der Waals surface area contributed by atoms with Crippen molar-refractivity contribution in [2.24, 2.45) is 5.92 Å². The average molecular weight is 262 g/mol. The number of carboxylic acids is 1. The van der Waals surface area contributed by atoms with Gasteiger partial charge in [0.05, 0.1) is 5.92 Å². The maximum absolute atomic E-state index is 11.3. The number of unbranched alkanes of at least 4 members (excludes halogenated alkanes) is 4. The Morgan fingerprint density at radius 2 is 1.74 bits per heavy atom. The molecule has 1 atom stereocenters. The number of rotatable bonds is 9. The summed E-state index contributed by atoms with van der Waals surface area (Å²) in [4.78, 5) is 11.3. The molecule has 1 rings (SSSR count). The van der Waals surface area contributed by atoms with Crippen LogP contribution in [0.2, 0.25) is 0 Å². The van der Waals surface area contributed by atoms with Crippen LogP contribution < -0.4 is 0 Å². The van der Waals surface area contributed by atoms with E-state index in [0.717, 1.165) is 24.8 Å². The lowest BCUT2D eigenvalue weighted by Gasteiger charge is -2.12. The Morgan fingerprint density at radius 1 is 1.11 bits per heavy atom. The molecular weight excluding hydrogens is 236 g/mol. The van der Waals surface area contributed by atoms with Crippen LogP contribution in [0, 0.1) is 12.8 Å². The molecule has 0 spiro atoms. The molecule has 1 unspecified atom stereocenters. The minimum atomic E-state index is -0.656. The van der Waals surface area contributed by atoms with E-state index in [1.54, 1.807) is 0 Å². The highest BCUT2D eigenvalue weighted by molar-refractivity contribution is 5.70. The number of aryl methyl sites for hydroxylation is 1. The van der Waals surface area contributed by atoms with Gasteiger partial charge in [-0.05, 0) is 25.3 Å². The van der Waals surface area contributed by atoms with Gasteiger partial charge in [0.1, 0.15) is 0 Å². The Kier molecular flexibility index (Phi) is 7.24. The van der Waals surface area contributed by atoms with Crippen LogP contribution in [-0.4, -0.2) is 11.1 Å².